The Morgan fingerprint density at radius 3 is 2.45 bits per heavy atom. The number of nitrogens with zero attached hydrogens (tertiary/aromatic N) is 5. The Hall–Kier alpha value is -3.96. The maximum atomic E-state index is 14.2. The normalized spacial score (nSPS) is 11.6. The number of alkyl halides is 3. The molecule has 0 aliphatic carbocycles. The van der Waals surface area contributed by atoms with Crippen LogP contribution in [0.4, 0.5) is 33.6 Å². The Bertz CT molecular complexity index is 1330. The van der Waals surface area contributed by atoms with Crippen LogP contribution >= 0.6 is 0 Å². The van der Waals surface area contributed by atoms with Crippen molar-refractivity contribution < 1.29 is 26.7 Å². The van der Waals surface area contributed by atoms with Crippen molar-refractivity contribution in [2.24, 2.45) is 7.05 Å². The Labute approximate surface area is 184 Å². The van der Waals surface area contributed by atoms with E-state index < -0.39 is 29.1 Å². The minimum absolute atomic E-state index is 0.00339. The molecule has 0 saturated carbocycles. The van der Waals surface area contributed by atoms with Crippen molar-refractivity contribution in [1.29, 1.82) is 0 Å². The van der Waals surface area contributed by atoms with Gasteiger partial charge in [-0.25, -0.2) is 18.4 Å². The molecule has 0 aliphatic rings. The average Bonchev–Trinajstić information content (AvgIpc) is 3.34. The van der Waals surface area contributed by atoms with Gasteiger partial charge >= 0.3 is 6.18 Å². The zero-order valence-corrected chi connectivity index (χ0v) is 17.6. The van der Waals surface area contributed by atoms with Gasteiger partial charge in [-0.05, 0) is 31.2 Å². The molecule has 0 bridgehead atoms. The number of aromatic nitrogens is 5. The molecule has 2 heterocycles. The van der Waals surface area contributed by atoms with Gasteiger partial charge in [-0.2, -0.15) is 18.2 Å². The molecule has 2 aromatic carbocycles. The lowest BCUT2D eigenvalue weighted by molar-refractivity contribution is -0.140. The molecule has 33 heavy (non-hydrogen) atoms. The second-order valence-electron chi connectivity index (χ2n) is 7.13. The lowest BCUT2D eigenvalue weighted by Crippen LogP contribution is -2.10. The molecule has 0 fully saturated rings. The van der Waals surface area contributed by atoms with Crippen LogP contribution < -0.4 is 10.1 Å². The number of nitrogens with one attached hydrogen (secondary N) is 1. The number of hydrogen-bond acceptors (Lipinski definition) is 5. The van der Waals surface area contributed by atoms with E-state index in [4.69, 9.17) is 4.74 Å². The summed E-state index contributed by atoms with van der Waals surface area (Å²) in [5.74, 6) is -2.14. The molecule has 4 aromatic rings. The van der Waals surface area contributed by atoms with E-state index in [9.17, 15) is 22.0 Å². The fourth-order valence-corrected chi connectivity index (χ4v) is 3.18. The van der Waals surface area contributed by atoms with Crippen LogP contribution in [0.25, 0.3) is 17.1 Å². The number of rotatable bonds is 5. The third-order valence-electron chi connectivity index (χ3n) is 4.80. The fourth-order valence-electron chi connectivity index (χ4n) is 3.18. The lowest BCUT2D eigenvalue weighted by Gasteiger charge is -2.11. The number of aryl methyl sites for hydroxylation is 2. The maximum Gasteiger partial charge on any atom is 0.419 e. The van der Waals surface area contributed by atoms with Crippen LogP contribution in [0.2, 0.25) is 0 Å². The van der Waals surface area contributed by atoms with Crippen molar-refractivity contribution in [1.82, 2.24) is 24.3 Å². The molecule has 0 radical (unpaired) electrons. The first-order valence-corrected chi connectivity index (χ1v) is 9.50. The zero-order valence-electron chi connectivity index (χ0n) is 17.6. The molecule has 0 saturated heterocycles. The second-order valence-corrected chi connectivity index (χ2v) is 7.13. The first-order valence-electron chi connectivity index (χ1n) is 9.50. The summed E-state index contributed by atoms with van der Waals surface area (Å²) in [5.41, 5.74) is -0.0702. The van der Waals surface area contributed by atoms with E-state index in [1.54, 1.807) is 29.1 Å². The summed E-state index contributed by atoms with van der Waals surface area (Å²) in [6, 6.07) is 5.74. The van der Waals surface area contributed by atoms with E-state index in [-0.39, 0.29) is 17.8 Å². The third-order valence-corrected chi connectivity index (χ3v) is 4.80. The van der Waals surface area contributed by atoms with Gasteiger partial charge in [-0.3, -0.25) is 0 Å². The molecule has 12 heteroatoms. The number of anilines is 2. The van der Waals surface area contributed by atoms with Crippen LogP contribution in [-0.4, -0.2) is 31.4 Å². The highest BCUT2D eigenvalue weighted by Crippen LogP contribution is 2.35. The molecule has 172 valence electrons. The van der Waals surface area contributed by atoms with Gasteiger partial charge in [0.1, 0.15) is 17.4 Å². The first kappa shape index (κ1) is 22.2. The summed E-state index contributed by atoms with van der Waals surface area (Å²) < 4.78 is 74.9. The van der Waals surface area contributed by atoms with Gasteiger partial charge < -0.3 is 14.6 Å². The Balaban J connectivity index is 1.65. The highest BCUT2D eigenvalue weighted by Gasteiger charge is 2.35. The molecule has 0 atom stereocenters. The van der Waals surface area contributed by atoms with Crippen molar-refractivity contribution in [3.05, 3.63) is 65.7 Å². The summed E-state index contributed by atoms with van der Waals surface area (Å²) >= 11 is 0. The largest absolute Gasteiger partial charge is 0.495 e. The van der Waals surface area contributed by atoms with Gasteiger partial charge in [0.2, 0.25) is 5.95 Å². The number of methoxy groups -OCH3 is 1. The summed E-state index contributed by atoms with van der Waals surface area (Å²) in [5, 5.41) is 6.72. The Morgan fingerprint density at radius 2 is 1.82 bits per heavy atom. The standard InChI is InChI=1S/C21H17F5N6O/c1-11-9-32(10-27-11)17-5-4-12(6-18(17)33-3)19-29-20(31(2)30-19)28-16-8-14(22)13(7-15(16)23)21(24,25)26/h4-10H,1-3H3,(H,28,29,30). The Kier molecular flexibility index (Phi) is 5.52. The third kappa shape index (κ3) is 4.36. The van der Waals surface area contributed by atoms with Crippen LogP contribution in [0.15, 0.2) is 42.9 Å². The van der Waals surface area contributed by atoms with Crippen molar-refractivity contribution in [2.45, 2.75) is 13.1 Å². The SMILES string of the molecule is COc1cc(-c2nc(Nc3cc(F)c(C(F)(F)F)cc3F)n(C)n2)ccc1-n1cnc(C)c1. The number of halogens is 5. The second kappa shape index (κ2) is 8.19. The van der Waals surface area contributed by atoms with Crippen LogP contribution in [0.3, 0.4) is 0 Å². The van der Waals surface area contributed by atoms with Gasteiger partial charge in [-0.15, -0.1) is 5.10 Å². The molecule has 1 N–H and O–H groups in total. The minimum Gasteiger partial charge on any atom is -0.495 e. The number of hydrogen-bond donors (Lipinski definition) is 1. The highest BCUT2D eigenvalue weighted by molar-refractivity contribution is 5.65. The average molecular weight is 464 g/mol. The molecule has 0 amide bonds. The van der Waals surface area contributed by atoms with E-state index >= 15 is 0 Å². The van der Waals surface area contributed by atoms with E-state index in [1.165, 1.54) is 18.8 Å². The van der Waals surface area contributed by atoms with Crippen LogP contribution in [0, 0.1) is 18.6 Å². The predicted molar refractivity (Wildman–Crippen MR) is 109 cm³/mol. The van der Waals surface area contributed by atoms with Crippen molar-refractivity contribution in [3.8, 4) is 22.8 Å². The number of benzene rings is 2. The van der Waals surface area contributed by atoms with Crippen LogP contribution in [0.1, 0.15) is 11.3 Å². The molecule has 7 nitrogen and oxygen atoms in total. The molecular formula is C21H17F5N6O. The van der Waals surface area contributed by atoms with E-state index in [2.05, 4.69) is 20.4 Å². The lowest BCUT2D eigenvalue weighted by atomic mass is 10.1. The van der Waals surface area contributed by atoms with Gasteiger partial charge in [0, 0.05) is 24.9 Å². The first-order chi connectivity index (χ1) is 15.6. The topological polar surface area (TPSA) is 69.8 Å². The summed E-state index contributed by atoms with van der Waals surface area (Å²) in [6.07, 6.45) is -1.54. The van der Waals surface area contributed by atoms with E-state index in [1.807, 2.05) is 13.1 Å². The van der Waals surface area contributed by atoms with Crippen LogP contribution in [0.5, 0.6) is 5.75 Å². The number of imidazole rings is 1. The summed E-state index contributed by atoms with van der Waals surface area (Å²) in [4.78, 5) is 8.44. The Morgan fingerprint density at radius 1 is 1.06 bits per heavy atom. The van der Waals surface area contributed by atoms with Crippen molar-refractivity contribution in [3.63, 3.8) is 0 Å². The van der Waals surface area contributed by atoms with Gasteiger partial charge in [0.15, 0.2) is 5.82 Å². The highest BCUT2D eigenvalue weighted by atomic mass is 19.4. The monoisotopic (exact) mass is 464 g/mol. The smallest absolute Gasteiger partial charge is 0.419 e. The van der Waals surface area contributed by atoms with Crippen LogP contribution in [-0.2, 0) is 13.2 Å². The molecular weight excluding hydrogens is 447 g/mol. The zero-order chi connectivity index (χ0) is 23.9. The fraction of sp³-hybridized carbons (Fsp3) is 0.190. The van der Waals surface area contributed by atoms with E-state index in [0.29, 0.717) is 17.4 Å². The van der Waals surface area contributed by atoms with Crippen molar-refractivity contribution >= 4 is 11.6 Å². The quantitative estimate of drug-likeness (QED) is 0.420. The van der Waals surface area contributed by atoms with Crippen molar-refractivity contribution in [2.75, 3.05) is 12.4 Å². The molecule has 0 unspecified atom stereocenters. The summed E-state index contributed by atoms with van der Waals surface area (Å²) in [7, 11) is 3.00. The number of ether oxygens (including phenoxy) is 1. The summed E-state index contributed by atoms with van der Waals surface area (Å²) in [6.45, 7) is 1.86. The van der Waals surface area contributed by atoms with E-state index in [0.717, 1.165) is 11.4 Å². The van der Waals surface area contributed by atoms with Gasteiger partial charge in [-0.1, -0.05) is 0 Å². The van der Waals surface area contributed by atoms with Gasteiger partial charge in [0.05, 0.1) is 36.1 Å². The molecule has 4 rings (SSSR count). The maximum absolute atomic E-state index is 14.2. The predicted octanol–water partition coefficient (Wildman–Crippen LogP) is 5.03. The minimum atomic E-state index is -5.01. The van der Waals surface area contributed by atoms with Gasteiger partial charge in [0.25, 0.3) is 0 Å². The molecule has 0 spiro atoms. The molecule has 0 aliphatic heterocycles. The molecule has 2 aromatic heterocycles.